The molecule has 0 radical (unpaired) electrons. The zero-order valence-corrected chi connectivity index (χ0v) is 8.99. The van der Waals surface area contributed by atoms with Crippen molar-refractivity contribution in [2.45, 2.75) is 10.4 Å². The van der Waals surface area contributed by atoms with Crippen molar-refractivity contribution in [3.05, 3.63) is 30.3 Å². The highest BCUT2D eigenvalue weighted by Crippen LogP contribution is 2.21. The van der Waals surface area contributed by atoms with E-state index in [4.69, 9.17) is 0 Å². The summed E-state index contributed by atoms with van der Waals surface area (Å²) in [4.78, 5) is 0.245. The molecule has 0 aliphatic heterocycles. The van der Waals surface area contributed by atoms with Crippen molar-refractivity contribution >= 4 is 21.6 Å². The molecule has 0 aromatic heterocycles. The van der Waals surface area contributed by atoms with Gasteiger partial charge in [-0.15, -0.1) is 0 Å². The fraction of sp³-hybridized carbons (Fsp3) is 0.250. The Morgan fingerprint density at radius 3 is 2.07 bits per heavy atom. The molecule has 1 rings (SSSR count). The lowest BCUT2D eigenvalue weighted by Crippen LogP contribution is -2.21. The minimum atomic E-state index is -4.80. The van der Waals surface area contributed by atoms with Gasteiger partial charge < -0.3 is 0 Å². The Labute approximate surface area is 89.4 Å². The monoisotopic (exact) mass is 256 g/mol. The predicted octanol–water partition coefficient (Wildman–Crippen LogP) is 2.02. The zero-order chi connectivity index (χ0) is 11.5. The van der Waals surface area contributed by atoms with Crippen LogP contribution in [0.25, 0.3) is 0 Å². The first kappa shape index (κ1) is 12.4. The standard InChI is InChI=1S/C8H7F3O2S2/c9-8(10,11)15(13)6-14(12)7-4-2-1-3-5-7/h1-5H,6H2. The van der Waals surface area contributed by atoms with Gasteiger partial charge in [-0.3, -0.25) is 4.21 Å². The van der Waals surface area contributed by atoms with Gasteiger partial charge in [0, 0.05) is 4.90 Å². The largest absolute Gasteiger partial charge is 0.472 e. The molecule has 84 valence electrons. The molecule has 1 aromatic rings. The van der Waals surface area contributed by atoms with E-state index in [9.17, 15) is 21.6 Å². The summed E-state index contributed by atoms with van der Waals surface area (Å²) in [5.74, 6) is 0. The minimum Gasteiger partial charge on any atom is -0.253 e. The van der Waals surface area contributed by atoms with Gasteiger partial charge in [-0.1, -0.05) is 18.2 Å². The van der Waals surface area contributed by atoms with Crippen LogP contribution in [0.2, 0.25) is 0 Å². The molecule has 2 atom stereocenters. The molecular weight excluding hydrogens is 249 g/mol. The van der Waals surface area contributed by atoms with Crippen LogP contribution in [0.5, 0.6) is 0 Å². The molecule has 7 heteroatoms. The lowest BCUT2D eigenvalue weighted by Gasteiger charge is -2.05. The molecule has 0 N–H and O–H groups in total. The minimum absolute atomic E-state index is 0.245. The number of halogens is 3. The topological polar surface area (TPSA) is 34.1 Å². The van der Waals surface area contributed by atoms with Gasteiger partial charge in [0.15, 0.2) is 0 Å². The van der Waals surface area contributed by atoms with Crippen LogP contribution in [-0.4, -0.2) is 19.0 Å². The van der Waals surface area contributed by atoms with Gasteiger partial charge in [-0.05, 0) is 12.1 Å². The first-order valence-electron chi connectivity index (χ1n) is 3.80. The van der Waals surface area contributed by atoms with Crippen LogP contribution < -0.4 is 0 Å². The highest BCUT2D eigenvalue weighted by Gasteiger charge is 2.37. The zero-order valence-electron chi connectivity index (χ0n) is 7.36. The van der Waals surface area contributed by atoms with Crippen LogP contribution in [0.4, 0.5) is 13.2 Å². The van der Waals surface area contributed by atoms with Gasteiger partial charge in [0.1, 0.15) is 15.9 Å². The summed E-state index contributed by atoms with van der Waals surface area (Å²) >= 11 is 0. The Morgan fingerprint density at radius 2 is 1.60 bits per heavy atom. The van der Waals surface area contributed by atoms with Crippen LogP contribution in [-0.2, 0) is 21.6 Å². The number of hydrogen-bond donors (Lipinski definition) is 0. The van der Waals surface area contributed by atoms with Gasteiger partial charge >= 0.3 is 5.51 Å². The Bertz CT molecular complexity index is 375. The second-order valence-corrected chi connectivity index (χ2v) is 5.83. The van der Waals surface area contributed by atoms with E-state index in [0.717, 1.165) is 0 Å². The van der Waals surface area contributed by atoms with Crippen molar-refractivity contribution < 1.29 is 21.6 Å². The quantitative estimate of drug-likeness (QED) is 0.829. The molecule has 0 saturated heterocycles. The summed E-state index contributed by atoms with van der Waals surface area (Å²) in [5, 5.41) is -0.909. The molecule has 0 aliphatic rings. The third-order valence-corrected chi connectivity index (χ3v) is 4.51. The van der Waals surface area contributed by atoms with Gasteiger partial charge in [0.25, 0.3) is 0 Å². The molecule has 2 unspecified atom stereocenters. The van der Waals surface area contributed by atoms with Crippen LogP contribution in [0.3, 0.4) is 0 Å². The SMILES string of the molecule is O=S(CS(=O)C(F)(F)F)c1ccccc1. The number of alkyl halides is 3. The van der Waals surface area contributed by atoms with E-state index in [2.05, 4.69) is 0 Å². The molecule has 0 fully saturated rings. The van der Waals surface area contributed by atoms with Crippen molar-refractivity contribution in [3.63, 3.8) is 0 Å². The summed E-state index contributed by atoms with van der Waals surface area (Å²) < 4.78 is 57.6. The van der Waals surface area contributed by atoms with E-state index in [1.54, 1.807) is 18.2 Å². The van der Waals surface area contributed by atoms with Crippen molar-refractivity contribution in [1.29, 1.82) is 0 Å². The number of hydrogen-bond acceptors (Lipinski definition) is 2. The summed E-state index contributed by atoms with van der Waals surface area (Å²) in [5.41, 5.74) is -4.80. The Balaban J connectivity index is 2.70. The molecule has 0 heterocycles. The van der Waals surface area contributed by atoms with E-state index < -0.39 is 32.2 Å². The first-order chi connectivity index (χ1) is 6.91. The predicted molar refractivity (Wildman–Crippen MR) is 51.9 cm³/mol. The maximum absolute atomic E-state index is 11.9. The summed E-state index contributed by atoms with van der Waals surface area (Å²) in [6.45, 7) is 0. The molecule has 0 bridgehead atoms. The lowest BCUT2D eigenvalue weighted by molar-refractivity contribution is -0.0380. The number of benzene rings is 1. The third-order valence-electron chi connectivity index (χ3n) is 1.48. The Hall–Kier alpha value is -0.690. The molecular formula is C8H7F3O2S2. The van der Waals surface area contributed by atoms with Crippen molar-refractivity contribution in [3.8, 4) is 0 Å². The van der Waals surface area contributed by atoms with E-state index in [1.165, 1.54) is 12.1 Å². The van der Waals surface area contributed by atoms with Crippen molar-refractivity contribution in [2.75, 3.05) is 5.08 Å². The van der Waals surface area contributed by atoms with Crippen molar-refractivity contribution in [1.82, 2.24) is 0 Å². The van der Waals surface area contributed by atoms with E-state index >= 15 is 0 Å². The lowest BCUT2D eigenvalue weighted by atomic mass is 10.4. The molecule has 0 saturated carbocycles. The highest BCUT2D eigenvalue weighted by molar-refractivity contribution is 8.02. The van der Waals surface area contributed by atoms with Crippen LogP contribution in [0, 0.1) is 0 Å². The first-order valence-corrected chi connectivity index (χ1v) is 6.43. The van der Waals surface area contributed by atoms with Gasteiger partial charge in [-0.2, -0.15) is 13.2 Å². The van der Waals surface area contributed by atoms with Crippen LogP contribution in [0.15, 0.2) is 35.2 Å². The summed E-state index contributed by atoms with van der Waals surface area (Å²) in [6, 6.07) is 7.64. The van der Waals surface area contributed by atoms with E-state index in [0.29, 0.717) is 0 Å². The molecule has 1 aromatic carbocycles. The number of rotatable bonds is 3. The molecule has 0 amide bonds. The Kier molecular flexibility index (Phi) is 4.04. The highest BCUT2D eigenvalue weighted by atomic mass is 32.2. The van der Waals surface area contributed by atoms with Gasteiger partial charge in [0.05, 0.1) is 10.8 Å². The maximum atomic E-state index is 11.9. The van der Waals surface area contributed by atoms with Crippen LogP contribution in [0.1, 0.15) is 0 Å². The molecule has 15 heavy (non-hydrogen) atoms. The summed E-state index contributed by atoms with van der Waals surface area (Å²) in [6.07, 6.45) is 0. The molecule has 2 nitrogen and oxygen atoms in total. The average molecular weight is 256 g/mol. The van der Waals surface area contributed by atoms with Gasteiger partial charge in [0.2, 0.25) is 0 Å². The molecule has 0 spiro atoms. The van der Waals surface area contributed by atoms with E-state index in [1.807, 2.05) is 0 Å². The second-order valence-electron chi connectivity index (χ2n) is 2.57. The summed E-state index contributed by atoms with van der Waals surface area (Å²) in [7, 11) is -4.95. The Morgan fingerprint density at radius 1 is 1.07 bits per heavy atom. The fourth-order valence-corrected chi connectivity index (χ4v) is 3.12. The maximum Gasteiger partial charge on any atom is 0.472 e. The fourth-order valence-electron chi connectivity index (χ4n) is 0.804. The average Bonchev–Trinajstić information content (AvgIpc) is 2.17. The molecule has 0 aliphatic carbocycles. The van der Waals surface area contributed by atoms with E-state index in [-0.39, 0.29) is 4.90 Å². The van der Waals surface area contributed by atoms with Crippen molar-refractivity contribution in [2.24, 2.45) is 0 Å². The second kappa shape index (κ2) is 4.89. The van der Waals surface area contributed by atoms with Gasteiger partial charge in [-0.25, -0.2) is 4.21 Å². The normalized spacial score (nSPS) is 15.9. The van der Waals surface area contributed by atoms with Crippen LogP contribution >= 0.6 is 0 Å². The smallest absolute Gasteiger partial charge is 0.253 e. The third kappa shape index (κ3) is 3.75.